The highest BCUT2D eigenvalue weighted by Gasteiger charge is 2.21. The number of ether oxygens (including phenoxy) is 2. The molecular weight excluding hydrogens is 407 g/mol. The van der Waals surface area contributed by atoms with Crippen molar-refractivity contribution in [2.24, 2.45) is 0 Å². The summed E-state index contributed by atoms with van der Waals surface area (Å²) in [5.74, 6) is 0.822. The van der Waals surface area contributed by atoms with E-state index in [9.17, 15) is 4.79 Å². The van der Waals surface area contributed by atoms with Crippen molar-refractivity contribution >= 4 is 51.3 Å². The molecule has 140 valence electrons. The lowest BCUT2D eigenvalue weighted by Gasteiger charge is -2.20. The van der Waals surface area contributed by atoms with Crippen molar-refractivity contribution in [1.82, 2.24) is 4.98 Å². The molecular formula is C19H16Cl2N2O3S. The first kappa shape index (κ1) is 19.5. The van der Waals surface area contributed by atoms with E-state index in [1.165, 1.54) is 23.2 Å². The number of amides is 1. The van der Waals surface area contributed by atoms with Crippen LogP contribution in [0.15, 0.2) is 47.8 Å². The number of benzene rings is 2. The third-order valence-corrected chi connectivity index (χ3v) is 5.13. The van der Waals surface area contributed by atoms with Crippen LogP contribution in [-0.2, 0) is 11.4 Å². The summed E-state index contributed by atoms with van der Waals surface area (Å²) in [5.41, 5.74) is 1.29. The smallest absolute Gasteiger partial charge is 0.230 e. The fourth-order valence-electron chi connectivity index (χ4n) is 2.45. The van der Waals surface area contributed by atoms with E-state index in [-0.39, 0.29) is 12.5 Å². The molecule has 0 unspecified atom stereocenters. The van der Waals surface area contributed by atoms with Gasteiger partial charge < -0.3 is 9.47 Å². The standard InChI is InChI=1S/C19H16Cl2N2O3S/c1-12(24)23(16-8-3-4-9-17(16)25-2)19-22-13(11-27-19)10-26-18-14(20)6-5-7-15(18)21/h3-9,11H,10H2,1-2H3. The summed E-state index contributed by atoms with van der Waals surface area (Å²) in [6, 6.07) is 12.4. The molecule has 2 aromatic carbocycles. The molecule has 0 atom stereocenters. The van der Waals surface area contributed by atoms with Crippen LogP contribution in [0.4, 0.5) is 10.8 Å². The Morgan fingerprint density at radius 2 is 1.85 bits per heavy atom. The molecule has 27 heavy (non-hydrogen) atoms. The Morgan fingerprint density at radius 3 is 2.52 bits per heavy atom. The van der Waals surface area contributed by atoms with E-state index in [0.717, 1.165) is 0 Å². The van der Waals surface area contributed by atoms with Crippen molar-refractivity contribution < 1.29 is 14.3 Å². The van der Waals surface area contributed by atoms with Gasteiger partial charge in [-0.3, -0.25) is 9.69 Å². The number of aromatic nitrogens is 1. The van der Waals surface area contributed by atoms with Gasteiger partial charge in [-0.15, -0.1) is 11.3 Å². The largest absolute Gasteiger partial charge is 0.495 e. The highest BCUT2D eigenvalue weighted by Crippen LogP contribution is 2.36. The third kappa shape index (κ3) is 4.35. The first-order valence-corrected chi connectivity index (χ1v) is 9.59. The van der Waals surface area contributed by atoms with Crippen LogP contribution in [0, 0.1) is 0 Å². The van der Waals surface area contributed by atoms with E-state index in [1.54, 1.807) is 37.4 Å². The number of methoxy groups -OCH3 is 1. The average molecular weight is 423 g/mol. The van der Waals surface area contributed by atoms with E-state index in [1.807, 2.05) is 17.5 Å². The molecule has 0 spiro atoms. The number of halogens is 2. The average Bonchev–Trinajstić information content (AvgIpc) is 3.10. The topological polar surface area (TPSA) is 51.7 Å². The number of hydrogen-bond donors (Lipinski definition) is 0. The van der Waals surface area contributed by atoms with Crippen molar-refractivity contribution in [3.63, 3.8) is 0 Å². The van der Waals surface area contributed by atoms with Gasteiger partial charge in [-0.1, -0.05) is 41.4 Å². The molecule has 0 saturated carbocycles. The summed E-state index contributed by atoms with van der Waals surface area (Å²) in [7, 11) is 1.56. The van der Waals surface area contributed by atoms with Gasteiger partial charge in [0.25, 0.3) is 0 Å². The second-order valence-electron chi connectivity index (χ2n) is 5.49. The predicted octanol–water partition coefficient (Wildman–Crippen LogP) is 5.72. The summed E-state index contributed by atoms with van der Waals surface area (Å²) in [4.78, 5) is 18.3. The molecule has 3 aromatic rings. The molecule has 1 heterocycles. The minimum Gasteiger partial charge on any atom is -0.495 e. The predicted molar refractivity (Wildman–Crippen MR) is 109 cm³/mol. The minimum absolute atomic E-state index is 0.171. The van der Waals surface area contributed by atoms with E-state index < -0.39 is 0 Å². The zero-order valence-corrected chi connectivity index (χ0v) is 16.9. The highest BCUT2D eigenvalue weighted by atomic mass is 35.5. The van der Waals surface area contributed by atoms with Crippen molar-refractivity contribution in [3.05, 3.63) is 63.6 Å². The van der Waals surface area contributed by atoms with Crippen molar-refractivity contribution in [2.45, 2.75) is 13.5 Å². The van der Waals surface area contributed by atoms with Crippen LogP contribution in [0.2, 0.25) is 10.0 Å². The number of thiazole rings is 1. The molecule has 8 heteroatoms. The second kappa shape index (κ2) is 8.61. The van der Waals surface area contributed by atoms with Gasteiger partial charge in [0.15, 0.2) is 10.9 Å². The fraction of sp³-hybridized carbons (Fsp3) is 0.158. The summed E-state index contributed by atoms with van der Waals surface area (Å²) >= 11 is 13.6. The molecule has 0 aliphatic carbocycles. The summed E-state index contributed by atoms with van der Waals surface area (Å²) in [5, 5.41) is 3.20. The maximum atomic E-state index is 12.3. The van der Waals surface area contributed by atoms with Crippen LogP contribution in [0.5, 0.6) is 11.5 Å². The normalized spacial score (nSPS) is 10.5. The van der Waals surface area contributed by atoms with Crippen LogP contribution in [0.3, 0.4) is 0 Å². The van der Waals surface area contributed by atoms with Gasteiger partial charge in [-0.25, -0.2) is 4.98 Å². The number of carbonyl (C=O) groups is 1. The first-order valence-electron chi connectivity index (χ1n) is 7.96. The Labute approximate surface area is 171 Å². The summed E-state index contributed by atoms with van der Waals surface area (Å²) in [6.07, 6.45) is 0. The Kier molecular flexibility index (Phi) is 6.21. The maximum Gasteiger partial charge on any atom is 0.230 e. The number of hydrogen-bond acceptors (Lipinski definition) is 5. The minimum atomic E-state index is -0.171. The van der Waals surface area contributed by atoms with Crippen LogP contribution < -0.4 is 14.4 Å². The highest BCUT2D eigenvalue weighted by molar-refractivity contribution is 7.14. The molecule has 1 amide bonds. The van der Waals surface area contributed by atoms with Crippen molar-refractivity contribution in [3.8, 4) is 11.5 Å². The van der Waals surface area contributed by atoms with Crippen molar-refractivity contribution in [2.75, 3.05) is 12.0 Å². The van der Waals surface area contributed by atoms with E-state index in [2.05, 4.69) is 4.98 Å². The molecule has 3 rings (SSSR count). The van der Waals surface area contributed by atoms with Gasteiger partial charge >= 0.3 is 0 Å². The van der Waals surface area contributed by atoms with Gasteiger partial charge in [-0.2, -0.15) is 0 Å². The van der Waals surface area contributed by atoms with Gasteiger partial charge in [0, 0.05) is 12.3 Å². The Bertz CT molecular complexity index is 941. The number of para-hydroxylation sites is 3. The molecule has 5 nitrogen and oxygen atoms in total. The number of nitrogens with zero attached hydrogens (tertiary/aromatic N) is 2. The molecule has 0 radical (unpaired) electrons. The SMILES string of the molecule is COc1ccccc1N(C(C)=O)c1nc(COc2c(Cl)cccc2Cl)cs1. The van der Waals surface area contributed by atoms with Gasteiger partial charge in [0.2, 0.25) is 5.91 Å². The number of rotatable bonds is 6. The molecule has 0 aliphatic rings. The fourth-order valence-corrected chi connectivity index (χ4v) is 3.82. The lowest BCUT2D eigenvalue weighted by molar-refractivity contribution is -0.115. The number of anilines is 2. The zero-order valence-electron chi connectivity index (χ0n) is 14.6. The lowest BCUT2D eigenvalue weighted by Crippen LogP contribution is -2.23. The molecule has 0 aliphatic heterocycles. The van der Waals surface area contributed by atoms with Gasteiger partial charge in [0.05, 0.1) is 28.5 Å². The maximum absolute atomic E-state index is 12.3. The van der Waals surface area contributed by atoms with Crippen LogP contribution >= 0.6 is 34.5 Å². The van der Waals surface area contributed by atoms with Crippen LogP contribution in [-0.4, -0.2) is 18.0 Å². The molecule has 0 N–H and O–H groups in total. The first-order chi connectivity index (χ1) is 13.0. The van der Waals surface area contributed by atoms with E-state index in [4.69, 9.17) is 32.7 Å². The Balaban J connectivity index is 1.84. The third-order valence-electron chi connectivity index (χ3n) is 3.66. The van der Waals surface area contributed by atoms with Crippen LogP contribution in [0.1, 0.15) is 12.6 Å². The molecule has 0 fully saturated rings. The Morgan fingerprint density at radius 1 is 1.15 bits per heavy atom. The zero-order chi connectivity index (χ0) is 19.4. The molecule has 1 aromatic heterocycles. The van der Waals surface area contributed by atoms with Crippen LogP contribution in [0.25, 0.3) is 0 Å². The quantitative estimate of drug-likeness (QED) is 0.509. The van der Waals surface area contributed by atoms with E-state index >= 15 is 0 Å². The Hall–Kier alpha value is -2.28. The summed E-state index contributed by atoms with van der Waals surface area (Å²) in [6.45, 7) is 1.66. The number of carbonyl (C=O) groups excluding carboxylic acids is 1. The van der Waals surface area contributed by atoms with E-state index in [0.29, 0.717) is 38.1 Å². The molecule has 0 bridgehead atoms. The molecule has 0 saturated heterocycles. The van der Waals surface area contributed by atoms with Crippen molar-refractivity contribution in [1.29, 1.82) is 0 Å². The second-order valence-corrected chi connectivity index (χ2v) is 7.14. The van der Waals surface area contributed by atoms with Gasteiger partial charge in [0.1, 0.15) is 12.4 Å². The summed E-state index contributed by atoms with van der Waals surface area (Å²) < 4.78 is 11.1. The van der Waals surface area contributed by atoms with Gasteiger partial charge in [-0.05, 0) is 24.3 Å². The lowest BCUT2D eigenvalue weighted by atomic mass is 10.2. The monoisotopic (exact) mass is 422 g/mol.